The summed E-state index contributed by atoms with van der Waals surface area (Å²) in [5, 5.41) is 2.69. The summed E-state index contributed by atoms with van der Waals surface area (Å²) in [5.41, 5.74) is 0.707. The first-order valence-electron chi connectivity index (χ1n) is 8.63. The molecular weight excluding hydrogens is 384 g/mol. The second kappa shape index (κ2) is 6.52. The molecule has 2 aliphatic rings. The molecule has 0 spiro atoms. The van der Waals surface area contributed by atoms with E-state index >= 15 is 0 Å². The van der Waals surface area contributed by atoms with Crippen molar-refractivity contribution < 1.29 is 27.5 Å². The van der Waals surface area contributed by atoms with E-state index in [9.17, 15) is 18.0 Å². The molecule has 1 aliphatic carbocycles. The second-order valence-electron chi connectivity index (χ2n) is 6.57. The van der Waals surface area contributed by atoms with Gasteiger partial charge in [0.2, 0.25) is 0 Å². The number of carbonyl (C=O) groups excluding carboxylic acids is 2. The minimum absolute atomic E-state index is 0.106. The van der Waals surface area contributed by atoms with Crippen LogP contribution in [0.5, 0.6) is 11.5 Å². The molecule has 8 nitrogen and oxygen atoms in total. The maximum absolute atomic E-state index is 12.7. The van der Waals surface area contributed by atoms with Crippen LogP contribution in [0.4, 0.5) is 5.69 Å². The summed E-state index contributed by atoms with van der Waals surface area (Å²) in [6.07, 6.45) is 1.34. The minimum atomic E-state index is -3.91. The van der Waals surface area contributed by atoms with E-state index in [4.69, 9.17) is 9.47 Å². The molecule has 0 saturated heterocycles. The van der Waals surface area contributed by atoms with Crippen molar-refractivity contribution >= 4 is 27.5 Å². The van der Waals surface area contributed by atoms with Crippen molar-refractivity contribution in [3.8, 4) is 11.5 Å². The zero-order chi connectivity index (χ0) is 20.1. The summed E-state index contributed by atoms with van der Waals surface area (Å²) in [7, 11) is -0.923. The van der Waals surface area contributed by atoms with E-state index in [0.717, 1.165) is 4.31 Å². The van der Waals surface area contributed by atoms with Gasteiger partial charge in [0, 0.05) is 23.4 Å². The molecule has 1 saturated carbocycles. The zero-order valence-corrected chi connectivity index (χ0v) is 16.1. The fourth-order valence-electron chi connectivity index (χ4n) is 3.18. The Kier molecular flexibility index (Phi) is 4.26. The number of methoxy groups -OCH3 is 2. The molecule has 1 N–H and O–H groups in total. The van der Waals surface area contributed by atoms with Gasteiger partial charge in [0.1, 0.15) is 4.90 Å². The molecule has 0 atom stereocenters. The van der Waals surface area contributed by atoms with Crippen molar-refractivity contribution in [3.05, 3.63) is 47.5 Å². The summed E-state index contributed by atoms with van der Waals surface area (Å²) in [6, 6.07) is 8.70. The third-order valence-corrected chi connectivity index (χ3v) is 6.61. The number of nitrogens with one attached hydrogen (secondary N) is 1. The van der Waals surface area contributed by atoms with Crippen LogP contribution in [0.2, 0.25) is 0 Å². The maximum atomic E-state index is 12.7. The Labute approximate surface area is 162 Å². The summed E-state index contributed by atoms with van der Waals surface area (Å²) in [6.45, 7) is 0. The molecule has 2 aromatic carbocycles. The Hall–Kier alpha value is -3.07. The van der Waals surface area contributed by atoms with Gasteiger partial charge in [-0.15, -0.1) is 0 Å². The van der Waals surface area contributed by atoms with Crippen LogP contribution >= 0.6 is 0 Å². The van der Waals surface area contributed by atoms with Gasteiger partial charge in [-0.2, -0.15) is 0 Å². The van der Waals surface area contributed by atoms with Crippen molar-refractivity contribution in [2.24, 2.45) is 0 Å². The number of hydrogen-bond acceptors (Lipinski definition) is 6. The van der Waals surface area contributed by atoms with Crippen molar-refractivity contribution in [2.45, 2.75) is 23.8 Å². The van der Waals surface area contributed by atoms with E-state index in [1.54, 1.807) is 18.2 Å². The highest BCUT2D eigenvalue weighted by atomic mass is 32.2. The smallest absolute Gasteiger partial charge is 0.269 e. The third kappa shape index (κ3) is 2.88. The normalized spacial score (nSPS) is 17.2. The standard InChI is InChI=1S/C19H18N2O6S/c1-26-15-8-4-12(10-16(15)27-2)20-18(22)11-3-7-14-17(9-11)28(24,25)21(19(14)23)13-5-6-13/h3-4,7-10,13H,5-6H2,1-2H3,(H,20,22). The molecule has 2 amide bonds. The molecule has 0 bridgehead atoms. The average molecular weight is 402 g/mol. The van der Waals surface area contributed by atoms with Gasteiger partial charge in [0.05, 0.1) is 19.8 Å². The fourth-order valence-corrected chi connectivity index (χ4v) is 5.02. The summed E-state index contributed by atoms with van der Waals surface area (Å²) in [5.74, 6) is -0.0582. The number of hydrogen-bond donors (Lipinski definition) is 1. The van der Waals surface area contributed by atoms with Crippen LogP contribution in [0.25, 0.3) is 0 Å². The average Bonchev–Trinajstić information content (AvgIpc) is 3.49. The molecule has 0 radical (unpaired) electrons. The lowest BCUT2D eigenvalue weighted by atomic mass is 10.1. The van der Waals surface area contributed by atoms with Gasteiger partial charge < -0.3 is 14.8 Å². The van der Waals surface area contributed by atoms with E-state index in [2.05, 4.69) is 5.32 Å². The first-order chi connectivity index (χ1) is 13.4. The zero-order valence-electron chi connectivity index (χ0n) is 15.3. The molecule has 2 aromatic rings. The van der Waals surface area contributed by atoms with Crippen molar-refractivity contribution in [3.63, 3.8) is 0 Å². The Morgan fingerprint density at radius 3 is 2.43 bits per heavy atom. The Balaban J connectivity index is 1.62. The summed E-state index contributed by atoms with van der Waals surface area (Å²) >= 11 is 0. The fraction of sp³-hybridized carbons (Fsp3) is 0.263. The van der Waals surface area contributed by atoms with E-state index in [-0.39, 0.29) is 22.1 Å². The molecule has 28 heavy (non-hydrogen) atoms. The van der Waals surface area contributed by atoms with Crippen LogP contribution in [0, 0.1) is 0 Å². The van der Waals surface area contributed by atoms with Crippen LogP contribution in [0.3, 0.4) is 0 Å². The highest BCUT2D eigenvalue weighted by molar-refractivity contribution is 7.90. The summed E-state index contributed by atoms with van der Waals surface area (Å²) < 4.78 is 36.7. The predicted molar refractivity (Wildman–Crippen MR) is 100 cm³/mol. The quantitative estimate of drug-likeness (QED) is 0.823. The molecule has 0 aromatic heterocycles. The number of benzene rings is 2. The van der Waals surface area contributed by atoms with Gasteiger partial charge in [0.15, 0.2) is 11.5 Å². The van der Waals surface area contributed by atoms with E-state index < -0.39 is 21.8 Å². The third-order valence-electron chi connectivity index (χ3n) is 4.73. The monoisotopic (exact) mass is 402 g/mol. The molecule has 1 heterocycles. The number of anilines is 1. The second-order valence-corrected chi connectivity index (χ2v) is 8.36. The van der Waals surface area contributed by atoms with Gasteiger partial charge in [-0.25, -0.2) is 12.7 Å². The van der Waals surface area contributed by atoms with Gasteiger partial charge in [-0.05, 0) is 43.2 Å². The van der Waals surface area contributed by atoms with Gasteiger partial charge in [-0.1, -0.05) is 0 Å². The molecule has 146 valence electrons. The maximum Gasteiger partial charge on any atom is 0.269 e. The number of fused-ring (bicyclic) bond motifs is 1. The molecule has 9 heteroatoms. The number of ether oxygens (including phenoxy) is 2. The lowest BCUT2D eigenvalue weighted by molar-refractivity contribution is 0.0864. The molecule has 1 aliphatic heterocycles. The first kappa shape index (κ1) is 18.3. The highest BCUT2D eigenvalue weighted by Gasteiger charge is 2.48. The number of amides is 2. The highest BCUT2D eigenvalue weighted by Crippen LogP contribution is 2.39. The summed E-state index contributed by atoms with van der Waals surface area (Å²) in [4.78, 5) is 24.9. The lowest BCUT2D eigenvalue weighted by Gasteiger charge is -2.13. The molecule has 4 rings (SSSR count). The van der Waals surface area contributed by atoms with E-state index in [1.165, 1.54) is 32.4 Å². The van der Waals surface area contributed by atoms with Crippen molar-refractivity contribution in [1.82, 2.24) is 4.31 Å². The van der Waals surface area contributed by atoms with Crippen LogP contribution in [0.1, 0.15) is 33.6 Å². The van der Waals surface area contributed by atoms with Gasteiger partial charge in [-0.3, -0.25) is 9.59 Å². The number of carbonyl (C=O) groups is 2. The van der Waals surface area contributed by atoms with Crippen LogP contribution in [-0.4, -0.2) is 44.8 Å². The van der Waals surface area contributed by atoms with Crippen LogP contribution in [0.15, 0.2) is 41.3 Å². The topological polar surface area (TPSA) is 102 Å². The van der Waals surface area contributed by atoms with Gasteiger partial charge >= 0.3 is 0 Å². The number of nitrogens with zero attached hydrogens (tertiary/aromatic N) is 1. The molecule has 0 unspecified atom stereocenters. The Bertz CT molecular complexity index is 1090. The van der Waals surface area contributed by atoms with Crippen molar-refractivity contribution in [2.75, 3.05) is 19.5 Å². The van der Waals surface area contributed by atoms with E-state index in [0.29, 0.717) is 30.0 Å². The SMILES string of the molecule is COc1ccc(NC(=O)c2ccc3c(c2)S(=O)(=O)N(C2CC2)C3=O)cc1OC. The van der Waals surface area contributed by atoms with Crippen LogP contribution < -0.4 is 14.8 Å². The largest absolute Gasteiger partial charge is 0.493 e. The van der Waals surface area contributed by atoms with E-state index in [1.807, 2.05) is 0 Å². The minimum Gasteiger partial charge on any atom is -0.493 e. The lowest BCUT2D eigenvalue weighted by Crippen LogP contribution is -2.31. The Morgan fingerprint density at radius 2 is 1.79 bits per heavy atom. The number of rotatable bonds is 5. The first-order valence-corrected chi connectivity index (χ1v) is 10.1. The molecule has 1 fully saturated rings. The predicted octanol–water partition coefficient (Wildman–Crippen LogP) is 2.26. The Morgan fingerprint density at radius 1 is 1.07 bits per heavy atom. The van der Waals surface area contributed by atoms with Crippen LogP contribution in [-0.2, 0) is 10.0 Å². The molecular formula is C19H18N2O6S. The van der Waals surface area contributed by atoms with Crippen molar-refractivity contribution in [1.29, 1.82) is 0 Å². The van der Waals surface area contributed by atoms with Gasteiger partial charge in [0.25, 0.3) is 21.8 Å². The number of sulfonamides is 1.